The van der Waals surface area contributed by atoms with E-state index in [4.69, 9.17) is 29.9 Å². The van der Waals surface area contributed by atoms with E-state index in [1.54, 1.807) is 0 Å². The van der Waals surface area contributed by atoms with E-state index < -0.39 is 61.4 Å². The largest absolute Gasteiger partial charge is 0.481 e. The van der Waals surface area contributed by atoms with E-state index >= 15 is 0 Å². The van der Waals surface area contributed by atoms with Gasteiger partial charge in [0.2, 0.25) is 0 Å². The second-order valence-electron chi connectivity index (χ2n) is 4.57. The van der Waals surface area contributed by atoms with Crippen LogP contribution in [0.1, 0.15) is 26.7 Å². The number of rotatable bonds is 12. The van der Waals surface area contributed by atoms with Crippen LogP contribution in [0.15, 0.2) is 0 Å². The maximum absolute atomic E-state index is 10.9. The minimum absolute atomic E-state index is 0.757. The fraction of sp³-hybridized carbons (Fsp3) is 0.667. The Labute approximate surface area is 130 Å². The molecule has 0 aliphatic carbocycles. The van der Waals surface area contributed by atoms with Gasteiger partial charge in [0.05, 0.1) is 12.8 Å². The summed E-state index contributed by atoms with van der Waals surface area (Å²) in [6, 6.07) is 0. The third-order valence-corrected chi connectivity index (χ3v) is 2.48. The van der Waals surface area contributed by atoms with E-state index in [0.717, 1.165) is 0 Å². The Kier molecular flexibility index (Phi) is 8.77. The summed E-state index contributed by atoms with van der Waals surface area (Å²) < 4.78 is 9.96. The SMILES string of the molecule is CC(NC(C)OC(CC(=O)O)C(=O)O)OC(CC(=O)O)C(=O)O. The Morgan fingerprint density at radius 1 is 0.783 bits per heavy atom. The first-order valence-corrected chi connectivity index (χ1v) is 6.49. The maximum atomic E-state index is 10.9. The zero-order valence-corrected chi connectivity index (χ0v) is 12.5. The first-order valence-electron chi connectivity index (χ1n) is 6.49. The van der Waals surface area contributed by atoms with Crippen LogP contribution in [0.5, 0.6) is 0 Å². The summed E-state index contributed by atoms with van der Waals surface area (Å²) in [4.78, 5) is 42.8. The van der Waals surface area contributed by atoms with E-state index in [1.807, 2.05) is 0 Å². The molecule has 0 rings (SSSR count). The minimum Gasteiger partial charge on any atom is -0.481 e. The van der Waals surface area contributed by atoms with Crippen molar-refractivity contribution in [1.82, 2.24) is 5.32 Å². The van der Waals surface area contributed by atoms with E-state index in [9.17, 15) is 19.2 Å². The van der Waals surface area contributed by atoms with Crippen LogP contribution >= 0.6 is 0 Å². The monoisotopic (exact) mass is 337 g/mol. The number of carboxylic acids is 4. The van der Waals surface area contributed by atoms with Crippen LogP contribution in [0.2, 0.25) is 0 Å². The Morgan fingerprint density at radius 2 is 1.09 bits per heavy atom. The van der Waals surface area contributed by atoms with Crippen molar-refractivity contribution in [3.63, 3.8) is 0 Å². The molecule has 0 saturated heterocycles. The molecule has 11 heteroatoms. The summed E-state index contributed by atoms with van der Waals surface area (Å²) in [7, 11) is 0. The molecule has 4 unspecified atom stereocenters. The molecule has 0 bridgehead atoms. The molecule has 0 aliphatic heterocycles. The highest BCUT2D eigenvalue weighted by Gasteiger charge is 2.27. The lowest BCUT2D eigenvalue weighted by atomic mass is 10.2. The zero-order valence-electron chi connectivity index (χ0n) is 12.5. The van der Waals surface area contributed by atoms with Gasteiger partial charge in [-0.3, -0.25) is 14.9 Å². The minimum atomic E-state index is -1.60. The first kappa shape index (κ1) is 20.8. The van der Waals surface area contributed by atoms with Crippen LogP contribution < -0.4 is 5.32 Å². The number of hydrogen-bond donors (Lipinski definition) is 5. The standard InChI is InChI=1S/C12H19NO10/c1-5(22-7(11(18)19)3-9(14)15)13-6(2)23-8(12(20)21)4-10(16)17/h5-8,13H,3-4H2,1-2H3,(H,14,15)(H,16,17)(H,18,19)(H,20,21). The van der Waals surface area contributed by atoms with Crippen molar-refractivity contribution in [1.29, 1.82) is 0 Å². The molecule has 0 aromatic heterocycles. The molecule has 0 spiro atoms. The van der Waals surface area contributed by atoms with Crippen LogP contribution in [0.25, 0.3) is 0 Å². The lowest BCUT2D eigenvalue weighted by Crippen LogP contribution is -2.44. The Hall–Kier alpha value is -2.24. The molecule has 5 N–H and O–H groups in total. The summed E-state index contributed by atoms with van der Waals surface area (Å²) in [6.07, 6.45) is -6.68. The van der Waals surface area contributed by atoms with Crippen LogP contribution in [0.4, 0.5) is 0 Å². The van der Waals surface area contributed by atoms with Crippen LogP contribution in [-0.2, 0) is 28.7 Å². The van der Waals surface area contributed by atoms with Gasteiger partial charge in [0.15, 0.2) is 12.2 Å². The van der Waals surface area contributed by atoms with Gasteiger partial charge in [-0.25, -0.2) is 9.59 Å². The van der Waals surface area contributed by atoms with Crippen molar-refractivity contribution in [2.45, 2.75) is 51.4 Å². The molecule has 0 aliphatic rings. The van der Waals surface area contributed by atoms with Gasteiger partial charge in [-0.05, 0) is 13.8 Å². The van der Waals surface area contributed by atoms with Gasteiger partial charge in [-0.15, -0.1) is 0 Å². The summed E-state index contributed by atoms with van der Waals surface area (Å²) >= 11 is 0. The van der Waals surface area contributed by atoms with E-state index in [1.165, 1.54) is 13.8 Å². The molecule has 0 heterocycles. The summed E-state index contributed by atoms with van der Waals surface area (Å²) in [6.45, 7) is 2.73. The summed E-state index contributed by atoms with van der Waals surface area (Å²) in [5.74, 6) is -5.66. The van der Waals surface area contributed by atoms with E-state index in [2.05, 4.69) is 5.32 Å². The fourth-order valence-corrected chi connectivity index (χ4v) is 1.61. The number of carboxylic acid groups (broad SMARTS) is 4. The Morgan fingerprint density at radius 3 is 1.30 bits per heavy atom. The number of aliphatic carboxylic acids is 4. The predicted molar refractivity (Wildman–Crippen MR) is 71.6 cm³/mol. The molecule has 132 valence electrons. The number of hydrogen-bond acceptors (Lipinski definition) is 7. The van der Waals surface area contributed by atoms with Crippen molar-refractivity contribution in [2.75, 3.05) is 0 Å². The Bertz CT molecular complexity index is 411. The van der Waals surface area contributed by atoms with Crippen molar-refractivity contribution >= 4 is 23.9 Å². The quantitative estimate of drug-likeness (QED) is 0.280. The molecular weight excluding hydrogens is 318 g/mol. The molecular formula is C12H19NO10. The maximum Gasteiger partial charge on any atom is 0.333 e. The lowest BCUT2D eigenvalue weighted by molar-refractivity contribution is -0.169. The molecule has 4 atom stereocenters. The molecule has 0 fully saturated rings. The van der Waals surface area contributed by atoms with Gasteiger partial charge in [-0.2, -0.15) is 0 Å². The van der Waals surface area contributed by atoms with Gasteiger partial charge < -0.3 is 29.9 Å². The van der Waals surface area contributed by atoms with E-state index in [-0.39, 0.29) is 0 Å². The average molecular weight is 337 g/mol. The second kappa shape index (κ2) is 9.71. The molecule has 23 heavy (non-hydrogen) atoms. The normalized spacial score (nSPS) is 16.1. The third-order valence-electron chi connectivity index (χ3n) is 2.48. The molecule has 11 nitrogen and oxygen atoms in total. The van der Waals surface area contributed by atoms with Crippen LogP contribution in [0, 0.1) is 0 Å². The molecule has 0 radical (unpaired) electrons. The van der Waals surface area contributed by atoms with E-state index in [0.29, 0.717) is 0 Å². The fourth-order valence-electron chi connectivity index (χ4n) is 1.61. The van der Waals surface area contributed by atoms with Crippen molar-refractivity contribution in [3.05, 3.63) is 0 Å². The topological polar surface area (TPSA) is 180 Å². The van der Waals surface area contributed by atoms with Gasteiger partial charge in [0, 0.05) is 0 Å². The summed E-state index contributed by atoms with van der Waals surface area (Å²) in [5.41, 5.74) is 0. The number of ether oxygens (including phenoxy) is 2. The highest BCUT2D eigenvalue weighted by atomic mass is 16.6. The number of carbonyl (C=O) groups is 4. The van der Waals surface area contributed by atoms with Crippen molar-refractivity contribution in [3.8, 4) is 0 Å². The molecule has 0 aromatic carbocycles. The van der Waals surface area contributed by atoms with Gasteiger partial charge >= 0.3 is 23.9 Å². The highest BCUT2D eigenvalue weighted by molar-refractivity contribution is 5.80. The smallest absolute Gasteiger partial charge is 0.333 e. The van der Waals surface area contributed by atoms with Gasteiger partial charge in [-0.1, -0.05) is 0 Å². The summed E-state index contributed by atoms with van der Waals surface area (Å²) in [5, 5.41) is 37.4. The predicted octanol–water partition coefficient (Wildman–Crippen LogP) is -0.843. The second-order valence-corrected chi connectivity index (χ2v) is 4.57. The average Bonchev–Trinajstić information content (AvgIpc) is 2.35. The van der Waals surface area contributed by atoms with Gasteiger partial charge in [0.25, 0.3) is 0 Å². The van der Waals surface area contributed by atoms with Crippen LogP contribution in [0.3, 0.4) is 0 Å². The zero-order chi connectivity index (χ0) is 18.2. The highest BCUT2D eigenvalue weighted by Crippen LogP contribution is 2.06. The van der Waals surface area contributed by atoms with Crippen molar-refractivity contribution < 1.29 is 49.1 Å². The first-order chi connectivity index (χ1) is 10.5. The Balaban J connectivity index is 4.53. The molecule has 0 saturated carbocycles. The number of nitrogens with one attached hydrogen (secondary N) is 1. The molecule has 0 amide bonds. The lowest BCUT2D eigenvalue weighted by Gasteiger charge is -2.25. The van der Waals surface area contributed by atoms with Crippen molar-refractivity contribution in [2.24, 2.45) is 0 Å². The third kappa shape index (κ3) is 9.39. The van der Waals surface area contributed by atoms with Gasteiger partial charge in [0.1, 0.15) is 12.5 Å². The molecule has 0 aromatic rings. The van der Waals surface area contributed by atoms with Crippen LogP contribution in [-0.4, -0.2) is 69.0 Å².